The molecule has 0 aliphatic carbocycles. The number of rotatable bonds is 6. The zero-order valence-corrected chi connectivity index (χ0v) is 10.5. The fourth-order valence-corrected chi connectivity index (χ4v) is 1.40. The summed E-state index contributed by atoms with van der Waals surface area (Å²) in [6.07, 6.45) is 0.566. The maximum atomic E-state index is 11.4. The summed E-state index contributed by atoms with van der Waals surface area (Å²) in [4.78, 5) is 22.5. The number of carbonyl (C=O) groups is 2. The van der Waals surface area contributed by atoms with Crippen molar-refractivity contribution in [1.82, 2.24) is 5.32 Å². The highest BCUT2D eigenvalue weighted by Gasteiger charge is 2.23. The molecule has 0 bridgehead atoms. The minimum Gasteiger partial charge on any atom is -0.497 e. The van der Waals surface area contributed by atoms with Crippen molar-refractivity contribution >= 4 is 12.1 Å². The first-order valence-electron chi connectivity index (χ1n) is 5.49. The van der Waals surface area contributed by atoms with Crippen LogP contribution >= 0.6 is 0 Å². The predicted molar refractivity (Wildman–Crippen MR) is 68.1 cm³/mol. The van der Waals surface area contributed by atoms with Gasteiger partial charge in [-0.1, -0.05) is 24.8 Å². The molecule has 2 N–H and O–H groups in total. The summed E-state index contributed by atoms with van der Waals surface area (Å²) in [6, 6.07) is 5.23. The summed E-state index contributed by atoms with van der Waals surface area (Å²) in [5.41, 5.74) is 0.391. The Bertz CT molecular complexity index is 472. The molecule has 0 saturated heterocycles. The highest BCUT2D eigenvalue weighted by molar-refractivity contribution is 5.81. The van der Waals surface area contributed by atoms with Crippen LogP contribution in [0.2, 0.25) is 0 Å². The van der Waals surface area contributed by atoms with Crippen LogP contribution in [0, 0.1) is 0 Å². The van der Waals surface area contributed by atoms with E-state index in [9.17, 15) is 9.59 Å². The average Bonchev–Trinajstić information content (AvgIpc) is 2.42. The number of ether oxygens (including phenoxy) is 2. The Kier molecular flexibility index (Phi) is 5.40. The van der Waals surface area contributed by atoms with Gasteiger partial charge in [-0.05, 0) is 17.7 Å². The molecular weight excluding hydrogens is 250 g/mol. The Balaban J connectivity index is 2.84. The molecule has 0 saturated carbocycles. The van der Waals surface area contributed by atoms with E-state index in [1.54, 1.807) is 18.2 Å². The van der Waals surface area contributed by atoms with Gasteiger partial charge < -0.3 is 19.9 Å². The summed E-state index contributed by atoms with van der Waals surface area (Å²) in [6.45, 7) is 3.40. The van der Waals surface area contributed by atoms with Crippen molar-refractivity contribution in [2.75, 3.05) is 13.7 Å². The second-order valence-corrected chi connectivity index (χ2v) is 3.58. The highest BCUT2D eigenvalue weighted by Crippen LogP contribution is 2.19. The number of methoxy groups -OCH3 is 1. The van der Waals surface area contributed by atoms with Crippen molar-refractivity contribution < 1.29 is 24.2 Å². The number of alkyl carbamates (subject to hydrolysis) is 1. The first-order chi connectivity index (χ1) is 9.08. The Morgan fingerprint density at radius 1 is 1.53 bits per heavy atom. The van der Waals surface area contributed by atoms with Crippen molar-refractivity contribution in [3.63, 3.8) is 0 Å². The minimum atomic E-state index is -1.20. The van der Waals surface area contributed by atoms with Crippen LogP contribution in [-0.2, 0) is 9.53 Å². The molecule has 0 spiro atoms. The second kappa shape index (κ2) is 7.05. The van der Waals surface area contributed by atoms with E-state index in [-0.39, 0.29) is 6.61 Å². The molecule has 102 valence electrons. The molecule has 1 rings (SSSR count). The van der Waals surface area contributed by atoms with E-state index in [1.807, 2.05) is 0 Å². The first-order valence-corrected chi connectivity index (χ1v) is 5.49. The van der Waals surface area contributed by atoms with Gasteiger partial charge in [-0.3, -0.25) is 0 Å². The van der Waals surface area contributed by atoms with Gasteiger partial charge in [0, 0.05) is 0 Å². The van der Waals surface area contributed by atoms with Crippen molar-refractivity contribution in [2.24, 2.45) is 0 Å². The lowest BCUT2D eigenvalue weighted by molar-refractivity contribution is -0.139. The summed E-state index contributed by atoms with van der Waals surface area (Å²) < 4.78 is 9.69. The Morgan fingerprint density at radius 3 is 2.84 bits per heavy atom. The molecule has 0 heterocycles. The van der Waals surface area contributed by atoms with E-state index in [4.69, 9.17) is 9.84 Å². The minimum absolute atomic E-state index is 0.0102. The van der Waals surface area contributed by atoms with E-state index in [1.165, 1.54) is 19.3 Å². The molecule has 19 heavy (non-hydrogen) atoms. The third kappa shape index (κ3) is 4.34. The van der Waals surface area contributed by atoms with Crippen LogP contribution in [0.1, 0.15) is 11.6 Å². The third-order valence-electron chi connectivity index (χ3n) is 2.27. The maximum Gasteiger partial charge on any atom is 0.408 e. The summed E-state index contributed by atoms with van der Waals surface area (Å²) in [5, 5.41) is 11.4. The van der Waals surface area contributed by atoms with Gasteiger partial charge in [0.15, 0.2) is 6.04 Å². The van der Waals surface area contributed by atoms with Crippen molar-refractivity contribution in [1.29, 1.82) is 0 Å². The largest absolute Gasteiger partial charge is 0.497 e. The SMILES string of the molecule is C=CCOC(=O)NC(C(=O)O)c1cccc(OC)c1. The summed E-state index contributed by atoms with van der Waals surface area (Å²) in [7, 11) is 1.47. The highest BCUT2D eigenvalue weighted by atomic mass is 16.5. The van der Waals surface area contributed by atoms with Gasteiger partial charge in [0.25, 0.3) is 0 Å². The lowest BCUT2D eigenvalue weighted by Gasteiger charge is -2.15. The number of carboxylic acids is 1. The fraction of sp³-hybridized carbons (Fsp3) is 0.231. The lowest BCUT2D eigenvalue weighted by Crippen LogP contribution is -2.34. The van der Waals surface area contributed by atoms with E-state index in [2.05, 4.69) is 16.6 Å². The quantitative estimate of drug-likeness (QED) is 0.765. The Morgan fingerprint density at radius 2 is 2.26 bits per heavy atom. The second-order valence-electron chi connectivity index (χ2n) is 3.58. The van der Waals surface area contributed by atoms with Crippen LogP contribution in [0.15, 0.2) is 36.9 Å². The molecule has 0 fully saturated rings. The topological polar surface area (TPSA) is 84.9 Å². The Hall–Kier alpha value is -2.50. The number of benzene rings is 1. The van der Waals surface area contributed by atoms with Crippen LogP contribution in [0.4, 0.5) is 4.79 Å². The molecule has 0 aliphatic heterocycles. The van der Waals surface area contributed by atoms with Crippen LogP contribution < -0.4 is 10.1 Å². The average molecular weight is 265 g/mol. The van der Waals surface area contributed by atoms with Crippen molar-refractivity contribution in [3.05, 3.63) is 42.5 Å². The van der Waals surface area contributed by atoms with E-state index >= 15 is 0 Å². The number of aliphatic carboxylic acids is 1. The summed E-state index contributed by atoms with van der Waals surface area (Å²) >= 11 is 0. The lowest BCUT2D eigenvalue weighted by atomic mass is 10.1. The first kappa shape index (κ1) is 14.6. The van der Waals surface area contributed by atoms with Crippen molar-refractivity contribution in [2.45, 2.75) is 6.04 Å². The molecule has 0 aliphatic rings. The zero-order valence-electron chi connectivity index (χ0n) is 10.5. The van der Waals surface area contributed by atoms with Crippen LogP contribution in [0.3, 0.4) is 0 Å². The number of nitrogens with one attached hydrogen (secondary N) is 1. The van der Waals surface area contributed by atoms with Gasteiger partial charge in [-0.2, -0.15) is 0 Å². The van der Waals surface area contributed by atoms with Crippen molar-refractivity contribution in [3.8, 4) is 5.75 Å². The van der Waals surface area contributed by atoms with Gasteiger partial charge >= 0.3 is 12.1 Å². The van der Waals surface area contributed by atoms with Gasteiger partial charge in [0.2, 0.25) is 0 Å². The van der Waals surface area contributed by atoms with E-state index < -0.39 is 18.1 Å². The van der Waals surface area contributed by atoms with Gasteiger partial charge in [-0.15, -0.1) is 0 Å². The molecule has 1 atom stereocenters. The number of amides is 1. The molecule has 0 radical (unpaired) electrons. The molecule has 6 nitrogen and oxygen atoms in total. The summed E-state index contributed by atoms with van der Waals surface area (Å²) in [5.74, 6) is -0.686. The number of hydrogen-bond donors (Lipinski definition) is 2. The number of carboxylic acid groups (broad SMARTS) is 1. The van der Waals surface area contributed by atoms with Gasteiger partial charge in [0.1, 0.15) is 12.4 Å². The molecule has 1 amide bonds. The van der Waals surface area contributed by atoms with Gasteiger partial charge in [0.05, 0.1) is 7.11 Å². The van der Waals surface area contributed by atoms with Crippen LogP contribution in [0.25, 0.3) is 0 Å². The molecule has 0 aromatic heterocycles. The molecule has 1 aromatic rings. The smallest absolute Gasteiger partial charge is 0.408 e. The predicted octanol–water partition coefficient (Wildman–Crippen LogP) is 1.73. The number of carbonyl (C=O) groups excluding carboxylic acids is 1. The zero-order chi connectivity index (χ0) is 14.3. The molecule has 6 heteroatoms. The number of hydrogen-bond acceptors (Lipinski definition) is 4. The molecular formula is C13H15NO5. The van der Waals surface area contributed by atoms with Crippen LogP contribution in [0.5, 0.6) is 5.75 Å². The van der Waals surface area contributed by atoms with Crippen LogP contribution in [-0.4, -0.2) is 30.9 Å². The molecule has 1 unspecified atom stereocenters. The van der Waals surface area contributed by atoms with E-state index in [0.29, 0.717) is 11.3 Å². The molecule has 1 aromatic carbocycles. The third-order valence-corrected chi connectivity index (χ3v) is 2.27. The fourth-order valence-electron chi connectivity index (χ4n) is 1.40. The Labute approximate surface area is 110 Å². The monoisotopic (exact) mass is 265 g/mol. The van der Waals surface area contributed by atoms with E-state index in [0.717, 1.165) is 0 Å². The standard InChI is InChI=1S/C13H15NO5/c1-3-7-19-13(17)14-11(12(15)16)9-5-4-6-10(8-9)18-2/h3-6,8,11H,1,7H2,2H3,(H,14,17)(H,15,16). The normalized spacial score (nSPS) is 11.2. The van der Waals surface area contributed by atoms with Gasteiger partial charge in [-0.25, -0.2) is 9.59 Å². The maximum absolute atomic E-state index is 11.4.